The Hall–Kier alpha value is -0.120. The topological polar surface area (TPSA) is 26.7 Å². The molecule has 1 N–H and O–H groups in total. The predicted molar refractivity (Wildman–Crippen MR) is 66.5 cm³/mol. The van der Waals surface area contributed by atoms with Crippen LogP contribution in [0, 0.1) is 0 Å². The summed E-state index contributed by atoms with van der Waals surface area (Å²) in [5.41, 5.74) is 0. The van der Waals surface area contributed by atoms with Crippen LogP contribution in [-0.4, -0.2) is 60.3 Å². The van der Waals surface area contributed by atoms with Crippen LogP contribution >= 0.6 is 0 Å². The van der Waals surface area contributed by atoms with Crippen LogP contribution in [0.1, 0.15) is 38.5 Å². The van der Waals surface area contributed by atoms with E-state index in [-0.39, 0.29) is 6.10 Å². The van der Waals surface area contributed by atoms with Gasteiger partial charge < -0.3 is 10.0 Å². The van der Waals surface area contributed by atoms with Crippen molar-refractivity contribution in [2.75, 3.05) is 27.2 Å². The Kier molecular flexibility index (Phi) is 4.22. The lowest BCUT2D eigenvalue weighted by atomic mass is 9.90. The quantitative estimate of drug-likeness (QED) is 0.769. The third kappa shape index (κ3) is 2.96. The summed E-state index contributed by atoms with van der Waals surface area (Å²) < 4.78 is 0. The summed E-state index contributed by atoms with van der Waals surface area (Å²) in [6, 6.07) is 1.36. The number of nitrogens with zero attached hydrogens (tertiary/aromatic N) is 2. The molecule has 0 radical (unpaired) electrons. The highest BCUT2D eigenvalue weighted by molar-refractivity contribution is 4.86. The van der Waals surface area contributed by atoms with Gasteiger partial charge in [0.05, 0.1) is 6.10 Å². The van der Waals surface area contributed by atoms with Crippen LogP contribution in [0.2, 0.25) is 0 Å². The van der Waals surface area contributed by atoms with Crippen molar-refractivity contribution in [2.24, 2.45) is 0 Å². The lowest BCUT2D eigenvalue weighted by molar-refractivity contribution is 0.0331. The largest absolute Gasteiger partial charge is 0.393 e. The first kappa shape index (κ1) is 12.3. The van der Waals surface area contributed by atoms with Crippen LogP contribution < -0.4 is 0 Å². The Morgan fingerprint density at radius 1 is 1.12 bits per heavy atom. The Morgan fingerprint density at radius 2 is 1.94 bits per heavy atom. The fourth-order valence-electron chi connectivity index (χ4n) is 3.21. The minimum absolute atomic E-state index is 0.0431. The van der Waals surface area contributed by atoms with Crippen molar-refractivity contribution in [3.8, 4) is 0 Å². The Balaban J connectivity index is 1.88. The van der Waals surface area contributed by atoms with Gasteiger partial charge in [0.15, 0.2) is 0 Å². The van der Waals surface area contributed by atoms with Gasteiger partial charge in [-0.25, -0.2) is 0 Å². The first-order valence-electron chi connectivity index (χ1n) is 6.75. The van der Waals surface area contributed by atoms with Crippen molar-refractivity contribution in [3.63, 3.8) is 0 Å². The van der Waals surface area contributed by atoms with Crippen LogP contribution in [0.25, 0.3) is 0 Å². The molecule has 3 unspecified atom stereocenters. The summed E-state index contributed by atoms with van der Waals surface area (Å²) in [5, 5.41) is 9.75. The number of likely N-dealkylation sites (tertiary alicyclic amines) is 1. The normalized spacial score (nSPS) is 37.9. The molecule has 1 saturated carbocycles. The molecule has 16 heavy (non-hydrogen) atoms. The first-order valence-corrected chi connectivity index (χ1v) is 6.75. The molecule has 0 amide bonds. The Morgan fingerprint density at radius 3 is 2.62 bits per heavy atom. The minimum atomic E-state index is -0.0431. The van der Waals surface area contributed by atoms with Crippen molar-refractivity contribution < 1.29 is 5.11 Å². The summed E-state index contributed by atoms with van der Waals surface area (Å²) in [6.07, 6.45) is 7.11. The summed E-state index contributed by atoms with van der Waals surface area (Å²) in [6.45, 7) is 2.44. The van der Waals surface area contributed by atoms with Crippen molar-refractivity contribution >= 4 is 0 Å². The molecule has 0 bridgehead atoms. The maximum absolute atomic E-state index is 9.75. The average molecular weight is 226 g/mol. The third-order valence-corrected chi connectivity index (χ3v) is 4.29. The van der Waals surface area contributed by atoms with E-state index < -0.39 is 0 Å². The van der Waals surface area contributed by atoms with Gasteiger partial charge in [-0.1, -0.05) is 0 Å². The van der Waals surface area contributed by atoms with Gasteiger partial charge >= 0.3 is 0 Å². The third-order valence-electron chi connectivity index (χ3n) is 4.29. The molecule has 0 aromatic carbocycles. The van der Waals surface area contributed by atoms with Gasteiger partial charge in [0.1, 0.15) is 0 Å². The number of hydrogen-bond acceptors (Lipinski definition) is 3. The molecule has 94 valence electrons. The fourth-order valence-corrected chi connectivity index (χ4v) is 3.21. The second-order valence-corrected chi connectivity index (χ2v) is 5.73. The number of rotatable bonds is 2. The number of piperidine rings is 1. The van der Waals surface area contributed by atoms with Gasteiger partial charge in [0, 0.05) is 18.6 Å². The first-order chi connectivity index (χ1) is 7.66. The zero-order valence-corrected chi connectivity index (χ0v) is 10.7. The Labute approximate surface area is 99.4 Å². The van der Waals surface area contributed by atoms with Gasteiger partial charge in [-0.15, -0.1) is 0 Å². The molecule has 0 aromatic heterocycles. The van der Waals surface area contributed by atoms with Crippen molar-refractivity contribution in [1.82, 2.24) is 9.80 Å². The van der Waals surface area contributed by atoms with E-state index in [9.17, 15) is 5.11 Å². The number of aliphatic hydroxyl groups is 1. The molecule has 1 aliphatic carbocycles. The zero-order chi connectivity index (χ0) is 11.5. The van der Waals surface area contributed by atoms with Gasteiger partial charge in [-0.05, 0) is 59.2 Å². The number of likely N-dealkylation sites (N-methyl/N-ethyl adjacent to an activating group) is 1. The Bertz CT molecular complexity index is 220. The zero-order valence-electron chi connectivity index (χ0n) is 10.7. The molecule has 0 aromatic rings. The molecule has 2 fully saturated rings. The fraction of sp³-hybridized carbons (Fsp3) is 1.00. The minimum Gasteiger partial charge on any atom is -0.393 e. The molecular formula is C13H26N2O. The molecular weight excluding hydrogens is 200 g/mol. The summed E-state index contributed by atoms with van der Waals surface area (Å²) in [5.74, 6) is 0. The molecule has 1 saturated heterocycles. The predicted octanol–water partition coefficient (Wildman–Crippen LogP) is 1.32. The second kappa shape index (κ2) is 5.48. The number of hydrogen-bond donors (Lipinski definition) is 1. The summed E-state index contributed by atoms with van der Waals surface area (Å²) >= 11 is 0. The van der Waals surface area contributed by atoms with E-state index >= 15 is 0 Å². The maximum atomic E-state index is 9.75. The van der Waals surface area contributed by atoms with Crippen LogP contribution in [0.4, 0.5) is 0 Å². The molecule has 3 heteroatoms. The molecule has 3 atom stereocenters. The van der Waals surface area contributed by atoms with Crippen LogP contribution in [0.15, 0.2) is 0 Å². The lowest BCUT2D eigenvalue weighted by Crippen LogP contribution is -2.50. The van der Waals surface area contributed by atoms with Gasteiger partial charge in [-0.2, -0.15) is 0 Å². The van der Waals surface area contributed by atoms with Gasteiger partial charge in [-0.3, -0.25) is 4.90 Å². The van der Waals surface area contributed by atoms with Gasteiger partial charge in [0.2, 0.25) is 0 Å². The maximum Gasteiger partial charge on any atom is 0.0555 e. The standard InChI is InChI=1S/C13H26N2O/c1-14(2)12-6-4-8-15(10-12)11-5-3-7-13(16)9-11/h11-13,16H,3-10H2,1-2H3. The van der Waals surface area contributed by atoms with Crippen molar-refractivity contribution in [1.29, 1.82) is 0 Å². The number of aliphatic hydroxyl groups excluding tert-OH is 1. The molecule has 2 rings (SSSR count). The van der Waals surface area contributed by atoms with E-state index in [1.165, 1.54) is 38.8 Å². The molecule has 0 spiro atoms. The monoisotopic (exact) mass is 226 g/mol. The molecule has 1 aliphatic heterocycles. The van der Waals surface area contributed by atoms with Crippen LogP contribution in [0.3, 0.4) is 0 Å². The van der Waals surface area contributed by atoms with Crippen molar-refractivity contribution in [3.05, 3.63) is 0 Å². The summed E-state index contributed by atoms with van der Waals surface area (Å²) in [7, 11) is 4.37. The smallest absolute Gasteiger partial charge is 0.0555 e. The van der Waals surface area contributed by atoms with E-state index in [4.69, 9.17) is 0 Å². The highest BCUT2D eigenvalue weighted by Gasteiger charge is 2.29. The molecule has 3 nitrogen and oxygen atoms in total. The van der Waals surface area contributed by atoms with Crippen molar-refractivity contribution in [2.45, 2.75) is 56.7 Å². The lowest BCUT2D eigenvalue weighted by Gasteiger charge is -2.42. The summed E-state index contributed by atoms with van der Waals surface area (Å²) in [4.78, 5) is 4.97. The van der Waals surface area contributed by atoms with E-state index in [0.29, 0.717) is 12.1 Å². The van der Waals surface area contributed by atoms with Gasteiger partial charge in [0.25, 0.3) is 0 Å². The molecule has 1 heterocycles. The van der Waals surface area contributed by atoms with E-state index in [1.54, 1.807) is 0 Å². The second-order valence-electron chi connectivity index (χ2n) is 5.73. The van der Waals surface area contributed by atoms with E-state index in [1.807, 2.05) is 0 Å². The van der Waals surface area contributed by atoms with E-state index in [2.05, 4.69) is 23.9 Å². The highest BCUT2D eigenvalue weighted by atomic mass is 16.3. The molecule has 2 aliphatic rings. The SMILES string of the molecule is CN(C)C1CCCN(C2CCCC(O)C2)C1. The van der Waals surface area contributed by atoms with Crippen LogP contribution in [0.5, 0.6) is 0 Å². The van der Waals surface area contributed by atoms with E-state index in [0.717, 1.165) is 12.8 Å². The average Bonchev–Trinajstić information content (AvgIpc) is 2.29. The van der Waals surface area contributed by atoms with Crippen LogP contribution in [-0.2, 0) is 0 Å². The highest BCUT2D eigenvalue weighted by Crippen LogP contribution is 2.26.